The summed E-state index contributed by atoms with van der Waals surface area (Å²) in [5.74, 6) is 1.17. The summed E-state index contributed by atoms with van der Waals surface area (Å²) < 4.78 is 5.93. The molecule has 1 aliphatic heterocycles. The van der Waals surface area contributed by atoms with Gasteiger partial charge in [0.1, 0.15) is 5.75 Å². The molecule has 1 saturated heterocycles. The summed E-state index contributed by atoms with van der Waals surface area (Å²) in [7, 11) is 0. The molecule has 1 heterocycles. The molecule has 0 aliphatic carbocycles. The minimum Gasteiger partial charge on any atom is -0.493 e. The largest absolute Gasteiger partial charge is 0.493 e. The van der Waals surface area contributed by atoms with E-state index in [9.17, 15) is 4.79 Å². The number of amides is 1. The molecule has 27 heavy (non-hydrogen) atoms. The summed E-state index contributed by atoms with van der Waals surface area (Å²) in [5, 5.41) is 8.70. The van der Waals surface area contributed by atoms with Gasteiger partial charge in [-0.15, -0.1) is 0 Å². The number of carbonyl (C=O) groups is 1. The number of benzene rings is 1. The summed E-state index contributed by atoms with van der Waals surface area (Å²) in [4.78, 5) is 17.2. The third-order valence-corrected chi connectivity index (χ3v) is 5.33. The zero-order valence-corrected chi connectivity index (χ0v) is 17.3. The first-order chi connectivity index (χ1) is 12.8. The van der Waals surface area contributed by atoms with Crippen LogP contribution in [-0.2, 0) is 4.79 Å². The highest BCUT2D eigenvalue weighted by molar-refractivity contribution is 5.82. The van der Waals surface area contributed by atoms with Crippen LogP contribution in [0.5, 0.6) is 5.75 Å². The lowest BCUT2D eigenvalue weighted by Crippen LogP contribution is -2.52. The zero-order chi connectivity index (χ0) is 19.9. The van der Waals surface area contributed by atoms with Gasteiger partial charge in [-0.05, 0) is 43.9 Å². The topological polar surface area (TPSA) is 56.6 Å². The normalized spacial score (nSPS) is 15.4. The van der Waals surface area contributed by atoms with Crippen LogP contribution in [0.4, 0.5) is 0 Å². The average Bonchev–Trinajstić information content (AvgIpc) is 2.66. The number of nitriles is 1. The van der Waals surface area contributed by atoms with E-state index in [1.165, 1.54) is 5.56 Å². The first-order valence-electron chi connectivity index (χ1n) is 9.92. The van der Waals surface area contributed by atoms with Crippen LogP contribution in [-0.4, -0.2) is 55.0 Å². The van der Waals surface area contributed by atoms with Crippen LogP contribution >= 0.6 is 0 Å². The molecule has 5 heteroatoms. The third-order valence-electron chi connectivity index (χ3n) is 5.33. The second-order valence-electron chi connectivity index (χ2n) is 8.15. The summed E-state index contributed by atoms with van der Waals surface area (Å²) >= 11 is 0. The Morgan fingerprint density at radius 3 is 2.59 bits per heavy atom. The van der Waals surface area contributed by atoms with E-state index < -0.39 is 0 Å². The maximum Gasteiger partial charge on any atom is 0.228 e. The van der Waals surface area contributed by atoms with Crippen LogP contribution in [0.2, 0.25) is 0 Å². The molecule has 0 spiro atoms. The smallest absolute Gasteiger partial charge is 0.228 e. The van der Waals surface area contributed by atoms with Crippen LogP contribution in [0, 0.1) is 30.6 Å². The van der Waals surface area contributed by atoms with Crippen molar-refractivity contribution >= 4 is 5.91 Å². The fraction of sp³-hybridized carbons (Fsp3) is 0.636. The van der Waals surface area contributed by atoms with E-state index in [0.29, 0.717) is 13.0 Å². The second kappa shape index (κ2) is 9.75. The van der Waals surface area contributed by atoms with Crippen LogP contribution in [0.25, 0.3) is 0 Å². The van der Waals surface area contributed by atoms with Crippen molar-refractivity contribution in [3.8, 4) is 11.8 Å². The predicted octanol–water partition coefficient (Wildman–Crippen LogP) is 3.55. The fourth-order valence-electron chi connectivity index (χ4n) is 3.48. The molecule has 0 radical (unpaired) electrons. The van der Waals surface area contributed by atoms with Gasteiger partial charge in [-0.1, -0.05) is 26.0 Å². The lowest BCUT2D eigenvalue weighted by molar-refractivity contribution is -0.142. The van der Waals surface area contributed by atoms with Crippen molar-refractivity contribution in [1.82, 2.24) is 9.80 Å². The van der Waals surface area contributed by atoms with Gasteiger partial charge in [0.2, 0.25) is 5.91 Å². The van der Waals surface area contributed by atoms with E-state index >= 15 is 0 Å². The lowest BCUT2D eigenvalue weighted by atomic mass is 9.86. The number of hydrogen-bond acceptors (Lipinski definition) is 4. The van der Waals surface area contributed by atoms with E-state index in [2.05, 4.69) is 43.0 Å². The highest BCUT2D eigenvalue weighted by Gasteiger charge is 2.33. The maximum atomic E-state index is 12.9. The molecular weight excluding hydrogens is 338 g/mol. The van der Waals surface area contributed by atoms with Crippen LogP contribution < -0.4 is 4.74 Å². The van der Waals surface area contributed by atoms with Gasteiger partial charge in [0.25, 0.3) is 0 Å². The van der Waals surface area contributed by atoms with Crippen molar-refractivity contribution in [2.75, 3.05) is 39.3 Å². The number of carbonyl (C=O) groups excluding carboxylic acids is 1. The van der Waals surface area contributed by atoms with Crippen molar-refractivity contribution in [2.24, 2.45) is 5.41 Å². The predicted molar refractivity (Wildman–Crippen MR) is 108 cm³/mol. The quantitative estimate of drug-likeness (QED) is 0.656. The molecule has 1 aromatic carbocycles. The van der Waals surface area contributed by atoms with Crippen molar-refractivity contribution in [2.45, 2.75) is 47.0 Å². The zero-order valence-electron chi connectivity index (χ0n) is 17.3. The lowest BCUT2D eigenvalue weighted by Gasteiger charge is -2.38. The van der Waals surface area contributed by atoms with Gasteiger partial charge in [0.05, 0.1) is 12.7 Å². The van der Waals surface area contributed by atoms with Gasteiger partial charge in [0.15, 0.2) is 0 Å². The van der Waals surface area contributed by atoms with Crippen LogP contribution in [0.3, 0.4) is 0 Å². The van der Waals surface area contributed by atoms with Gasteiger partial charge < -0.3 is 9.64 Å². The Morgan fingerprint density at radius 1 is 1.22 bits per heavy atom. The Bertz CT molecular complexity index is 671. The van der Waals surface area contributed by atoms with E-state index in [0.717, 1.165) is 56.9 Å². The molecule has 1 aromatic rings. The van der Waals surface area contributed by atoms with E-state index in [1.807, 2.05) is 18.7 Å². The van der Waals surface area contributed by atoms with Crippen molar-refractivity contribution < 1.29 is 9.53 Å². The summed E-state index contributed by atoms with van der Waals surface area (Å²) in [6.45, 7) is 12.9. The molecule has 0 bridgehead atoms. The first kappa shape index (κ1) is 21.2. The Kier molecular flexibility index (Phi) is 7.67. The molecule has 0 atom stereocenters. The van der Waals surface area contributed by atoms with E-state index in [4.69, 9.17) is 10.00 Å². The number of piperazine rings is 1. The molecule has 148 valence electrons. The second-order valence-corrected chi connectivity index (χ2v) is 8.15. The number of hydrogen-bond donors (Lipinski definition) is 0. The molecular formula is C22H33N3O2. The maximum absolute atomic E-state index is 12.9. The first-order valence-corrected chi connectivity index (χ1v) is 9.92. The average molecular weight is 372 g/mol. The van der Waals surface area contributed by atoms with Crippen molar-refractivity contribution in [3.05, 3.63) is 29.3 Å². The fourth-order valence-corrected chi connectivity index (χ4v) is 3.48. The Balaban J connectivity index is 1.76. The minimum absolute atomic E-state index is 0.231. The Morgan fingerprint density at radius 2 is 1.93 bits per heavy atom. The third kappa shape index (κ3) is 6.25. The van der Waals surface area contributed by atoms with Gasteiger partial charge >= 0.3 is 0 Å². The van der Waals surface area contributed by atoms with E-state index in [1.54, 1.807) is 0 Å². The minimum atomic E-state index is -0.375. The number of aryl methyl sites for hydroxylation is 2. The van der Waals surface area contributed by atoms with Crippen LogP contribution in [0.1, 0.15) is 44.2 Å². The molecule has 0 aromatic heterocycles. The molecule has 1 amide bonds. The Labute approximate surface area is 163 Å². The summed E-state index contributed by atoms with van der Waals surface area (Å²) in [6.07, 6.45) is 2.22. The van der Waals surface area contributed by atoms with Crippen LogP contribution in [0.15, 0.2) is 18.2 Å². The molecule has 0 unspecified atom stereocenters. The molecule has 0 saturated carbocycles. The van der Waals surface area contributed by atoms with Gasteiger partial charge in [-0.2, -0.15) is 5.26 Å². The number of rotatable bonds is 8. The van der Waals surface area contributed by atoms with Gasteiger partial charge in [0, 0.05) is 44.6 Å². The van der Waals surface area contributed by atoms with Crippen molar-refractivity contribution in [3.63, 3.8) is 0 Å². The standard InChI is InChI=1S/C22H33N3O2/c1-18-7-8-19(2)20(17-18)27-16-5-9-22(3,4)21(26)25-14-12-24(13-15-25)11-6-10-23/h7-8,17H,5-6,9,11-16H2,1-4H3. The highest BCUT2D eigenvalue weighted by atomic mass is 16.5. The monoisotopic (exact) mass is 371 g/mol. The number of nitrogens with zero attached hydrogens (tertiary/aromatic N) is 3. The van der Waals surface area contributed by atoms with Gasteiger partial charge in [-0.3, -0.25) is 9.69 Å². The molecule has 5 nitrogen and oxygen atoms in total. The van der Waals surface area contributed by atoms with Gasteiger partial charge in [-0.25, -0.2) is 0 Å². The number of ether oxygens (including phenoxy) is 1. The Hall–Kier alpha value is -2.06. The summed E-state index contributed by atoms with van der Waals surface area (Å²) in [5.41, 5.74) is 1.96. The highest BCUT2D eigenvalue weighted by Crippen LogP contribution is 2.27. The SMILES string of the molecule is Cc1ccc(C)c(OCCCC(C)(C)C(=O)N2CCN(CCC#N)CC2)c1. The van der Waals surface area contributed by atoms with E-state index in [-0.39, 0.29) is 11.3 Å². The molecule has 0 N–H and O–H groups in total. The molecule has 1 fully saturated rings. The van der Waals surface area contributed by atoms with Crippen molar-refractivity contribution in [1.29, 1.82) is 5.26 Å². The molecule has 2 rings (SSSR count). The molecule has 1 aliphatic rings. The summed E-state index contributed by atoms with van der Waals surface area (Å²) in [6, 6.07) is 8.42.